The SMILES string of the molecule is Cc1ccc(C(N2NC(=O)CC2(C)C)C(F)(F)F)cc1. The normalized spacial score (nSPS) is 20.8. The van der Waals surface area contributed by atoms with Crippen LogP contribution in [0.5, 0.6) is 0 Å². The molecule has 0 saturated carbocycles. The van der Waals surface area contributed by atoms with E-state index < -0.39 is 23.7 Å². The lowest BCUT2D eigenvalue weighted by molar-refractivity contribution is -0.203. The van der Waals surface area contributed by atoms with E-state index in [1.165, 1.54) is 12.1 Å². The number of nitrogens with zero attached hydrogens (tertiary/aromatic N) is 1. The van der Waals surface area contributed by atoms with Gasteiger partial charge < -0.3 is 0 Å². The molecule has 0 bridgehead atoms. The highest BCUT2D eigenvalue weighted by molar-refractivity contribution is 5.79. The summed E-state index contributed by atoms with van der Waals surface area (Å²) >= 11 is 0. The Labute approximate surface area is 115 Å². The van der Waals surface area contributed by atoms with Crippen molar-refractivity contribution in [3.8, 4) is 0 Å². The second kappa shape index (κ2) is 4.77. The molecule has 1 atom stereocenters. The van der Waals surface area contributed by atoms with Crippen molar-refractivity contribution in [3.05, 3.63) is 35.4 Å². The molecule has 2 rings (SSSR count). The lowest BCUT2D eigenvalue weighted by Gasteiger charge is -2.37. The van der Waals surface area contributed by atoms with Crippen LogP contribution in [0.1, 0.15) is 37.4 Å². The van der Waals surface area contributed by atoms with Gasteiger partial charge >= 0.3 is 6.18 Å². The number of aryl methyl sites for hydroxylation is 1. The van der Waals surface area contributed by atoms with Crippen LogP contribution in [0.3, 0.4) is 0 Å². The van der Waals surface area contributed by atoms with E-state index in [0.717, 1.165) is 10.6 Å². The molecule has 0 radical (unpaired) electrons. The smallest absolute Gasteiger partial charge is 0.287 e. The van der Waals surface area contributed by atoms with Crippen LogP contribution in [0.4, 0.5) is 13.2 Å². The Morgan fingerprint density at radius 2 is 1.80 bits per heavy atom. The molecule has 6 heteroatoms. The number of nitrogens with one attached hydrogen (secondary N) is 1. The molecule has 1 fully saturated rings. The second-order valence-corrected chi connectivity index (χ2v) is 5.75. The zero-order valence-corrected chi connectivity index (χ0v) is 11.6. The minimum Gasteiger partial charge on any atom is -0.287 e. The van der Waals surface area contributed by atoms with E-state index in [2.05, 4.69) is 5.43 Å². The Morgan fingerprint density at radius 1 is 1.25 bits per heavy atom. The van der Waals surface area contributed by atoms with Gasteiger partial charge in [0.25, 0.3) is 0 Å². The second-order valence-electron chi connectivity index (χ2n) is 5.75. The van der Waals surface area contributed by atoms with Gasteiger partial charge in [0.2, 0.25) is 5.91 Å². The van der Waals surface area contributed by atoms with Crippen molar-refractivity contribution >= 4 is 5.91 Å². The molecule has 1 N–H and O–H groups in total. The Hall–Kier alpha value is -1.56. The number of rotatable bonds is 2. The quantitative estimate of drug-likeness (QED) is 0.906. The van der Waals surface area contributed by atoms with E-state index in [4.69, 9.17) is 0 Å². The highest BCUT2D eigenvalue weighted by atomic mass is 19.4. The van der Waals surface area contributed by atoms with Gasteiger partial charge in [0.1, 0.15) is 0 Å². The molecule has 1 aromatic carbocycles. The van der Waals surface area contributed by atoms with Crippen molar-refractivity contribution in [2.24, 2.45) is 0 Å². The summed E-state index contributed by atoms with van der Waals surface area (Å²) in [6.07, 6.45) is -4.42. The summed E-state index contributed by atoms with van der Waals surface area (Å²) < 4.78 is 40.3. The van der Waals surface area contributed by atoms with Gasteiger partial charge in [-0.15, -0.1) is 0 Å². The fourth-order valence-corrected chi connectivity index (χ4v) is 2.45. The molecule has 1 aromatic rings. The number of carbonyl (C=O) groups is 1. The van der Waals surface area contributed by atoms with E-state index >= 15 is 0 Å². The van der Waals surface area contributed by atoms with Crippen molar-refractivity contribution in [3.63, 3.8) is 0 Å². The van der Waals surface area contributed by atoms with Gasteiger partial charge in [0.05, 0.1) is 0 Å². The topological polar surface area (TPSA) is 32.3 Å². The number of amides is 1. The Kier molecular flexibility index (Phi) is 3.54. The van der Waals surface area contributed by atoms with Crippen LogP contribution < -0.4 is 5.43 Å². The first-order valence-corrected chi connectivity index (χ1v) is 6.33. The van der Waals surface area contributed by atoms with E-state index in [1.807, 2.05) is 6.92 Å². The average Bonchev–Trinajstić information content (AvgIpc) is 2.53. The van der Waals surface area contributed by atoms with Gasteiger partial charge in [-0.3, -0.25) is 10.2 Å². The van der Waals surface area contributed by atoms with Crippen LogP contribution in [0.2, 0.25) is 0 Å². The highest BCUT2D eigenvalue weighted by Gasteiger charge is 2.52. The van der Waals surface area contributed by atoms with Crippen LogP contribution in [0.15, 0.2) is 24.3 Å². The molecule has 1 amide bonds. The van der Waals surface area contributed by atoms with Crippen LogP contribution in [0, 0.1) is 6.92 Å². The molecule has 110 valence electrons. The molecule has 0 aliphatic carbocycles. The Balaban J connectivity index is 2.44. The van der Waals surface area contributed by atoms with Gasteiger partial charge in [-0.25, -0.2) is 0 Å². The van der Waals surface area contributed by atoms with Crippen molar-refractivity contribution in [1.82, 2.24) is 10.4 Å². The van der Waals surface area contributed by atoms with Crippen LogP contribution in [0.25, 0.3) is 0 Å². The van der Waals surface area contributed by atoms with Crippen LogP contribution in [-0.2, 0) is 4.79 Å². The maximum absolute atomic E-state index is 13.4. The van der Waals surface area contributed by atoms with Gasteiger partial charge in [-0.05, 0) is 26.3 Å². The van der Waals surface area contributed by atoms with Crippen molar-refractivity contribution in [2.45, 2.75) is 44.9 Å². The number of benzene rings is 1. The summed E-state index contributed by atoms with van der Waals surface area (Å²) in [5, 5.41) is 1.01. The summed E-state index contributed by atoms with van der Waals surface area (Å²) in [6, 6.07) is 4.34. The van der Waals surface area contributed by atoms with E-state index in [0.29, 0.717) is 0 Å². The fourth-order valence-electron chi connectivity index (χ4n) is 2.45. The third-order valence-electron chi connectivity index (χ3n) is 3.45. The zero-order valence-electron chi connectivity index (χ0n) is 11.6. The van der Waals surface area contributed by atoms with Crippen molar-refractivity contribution in [1.29, 1.82) is 0 Å². The molecule has 20 heavy (non-hydrogen) atoms. The first-order chi connectivity index (χ1) is 9.11. The van der Waals surface area contributed by atoms with Crippen molar-refractivity contribution in [2.75, 3.05) is 0 Å². The van der Waals surface area contributed by atoms with E-state index in [1.54, 1.807) is 26.0 Å². The van der Waals surface area contributed by atoms with Crippen molar-refractivity contribution < 1.29 is 18.0 Å². The molecule has 0 spiro atoms. The van der Waals surface area contributed by atoms with E-state index in [-0.39, 0.29) is 12.0 Å². The third-order valence-corrected chi connectivity index (χ3v) is 3.45. The summed E-state index contributed by atoms with van der Waals surface area (Å²) in [5.41, 5.74) is 2.46. The van der Waals surface area contributed by atoms with Gasteiger partial charge in [-0.1, -0.05) is 29.8 Å². The summed E-state index contributed by atoms with van der Waals surface area (Å²) in [5.74, 6) is -0.392. The average molecular weight is 286 g/mol. The molecular formula is C14H17F3N2O. The largest absolute Gasteiger partial charge is 0.409 e. The maximum atomic E-state index is 13.4. The molecule has 1 unspecified atom stereocenters. The fraction of sp³-hybridized carbons (Fsp3) is 0.500. The first-order valence-electron chi connectivity index (χ1n) is 6.33. The maximum Gasteiger partial charge on any atom is 0.409 e. The number of hydrogen-bond acceptors (Lipinski definition) is 2. The lowest BCUT2D eigenvalue weighted by Crippen LogP contribution is -2.51. The number of hydrazine groups is 1. The number of alkyl halides is 3. The van der Waals surface area contributed by atoms with E-state index in [9.17, 15) is 18.0 Å². The molecule has 1 aliphatic rings. The predicted octanol–water partition coefficient (Wildman–Crippen LogP) is 3.11. The number of halogens is 3. The zero-order chi connectivity index (χ0) is 15.1. The van der Waals surface area contributed by atoms with Gasteiger partial charge in [0.15, 0.2) is 6.04 Å². The summed E-state index contributed by atoms with van der Waals surface area (Å²) in [6.45, 7) is 5.06. The molecule has 1 aliphatic heterocycles. The molecule has 0 aromatic heterocycles. The minimum atomic E-state index is -4.47. The third kappa shape index (κ3) is 2.80. The standard InChI is InChI=1S/C14H17F3N2O/c1-9-4-6-10(7-5-9)12(14(15,16)17)19-13(2,3)8-11(20)18-19/h4-7,12H,8H2,1-3H3,(H,18,20). The number of carbonyl (C=O) groups excluding carboxylic acids is 1. The predicted molar refractivity (Wildman–Crippen MR) is 68.7 cm³/mol. The molecule has 1 heterocycles. The van der Waals surface area contributed by atoms with Crippen LogP contribution >= 0.6 is 0 Å². The number of hydrogen-bond donors (Lipinski definition) is 1. The molecular weight excluding hydrogens is 269 g/mol. The monoisotopic (exact) mass is 286 g/mol. The van der Waals surface area contributed by atoms with Crippen LogP contribution in [-0.4, -0.2) is 22.6 Å². The molecule has 3 nitrogen and oxygen atoms in total. The Morgan fingerprint density at radius 3 is 2.20 bits per heavy atom. The lowest BCUT2D eigenvalue weighted by atomic mass is 9.96. The first kappa shape index (κ1) is 14.8. The Bertz CT molecular complexity index is 508. The minimum absolute atomic E-state index is 0.0471. The molecule has 1 saturated heterocycles. The summed E-state index contributed by atoms with van der Waals surface area (Å²) in [4.78, 5) is 11.5. The van der Waals surface area contributed by atoms with Gasteiger partial charge in [-0.2, -0.15) is 18.2 Å². The van der Waals surface area contributed by atoms with Gasteiger partial charge in [0, 0.05) is 12.0 Å². The summed E-state index contributed by atoms with van der Waals surface area (Å²) in [7, 11) is 0. The highest BCUT2D eigenvalue weighted by Crippen LogP contribution is 2.42.